The summed E-state index contributed by atoms with van der Waals surface area (Å²) < 4.78 is 0. The van der Waals surface area contributed by atoms with Crippen LogP contribution in [0.3, 0.4) is 0 Å². The van der Waals surface area contributed by atoms with Crippen molar-refractivity contribution in [2.24, 2.45) is 5.41 Å². The van der Waals surface area contributed by atoms with E-state index in [0.29, 0.717) is 11.5 Å². The predicted molar refractivity (Wildman–Crippen MR) is 78.8 cm³/mol. The van der Waals surface area contributed by atoms with Crippen molar-refractivity contribution in [2.45, 2.75) is 52.6 Å². The number of amides is 1. The fourth-order valence-electron chi connectivity index (χ4n) is 1.87. The normalized spacial score (nSPS) is 23.3. The lowest BCUT2D eigenvalue weighted by atomic mass is 9.91. The number of Topliss-reactive ketones (excluding diaryl/α,β-unsaturated/α-hetero) is 1. The maximum absolute atomic E-state index is 11.8. The molecule has 1 heterocycles. The number of carbonyl (C=O) groups is 2. The molecule has 0 saturated carbocycles. The van der Waals surface area contributed by atoms with E-state index >= 15 is 0 Å². The van der Waals surface area contributed by atoms with E-state index < -0.39 is 5.41 Å². The molecule has 0 aromatic carbocycles. The first-order chi connectivity index (χ1) is 8.68. The highest BCUT2D eigenvalue weighted by Crippen LogP contribution is 2.13. The summed E-state index contributed by atoms with van der Waals surface area (Å²) in [5.74, 6) is -0.0880. The second-order valence-electron chi connectivity index (χ2n) is 6.11. The van der Waals surface area contributed by atoms with Gasteiger partial charge in [0.2, 0.25) is 5.91 Å². The smallest absolute Gasteiger partial charge is 0.222 e. The van der Waals surface area contributed by atoms with Gasteiger partial charge in [-0.3, -0.25) is 9.59 Å². The van der Waals surface area contributed by atoms with Gasteiger partial charge >= 0.3 is 0 Å². The summed E-state index contributed by atoms with van der Waals surface area (Å²) in [5.41, 5.74) is -0.420. The molecule has 0 aromatic heterocycles. The molecule has 0 aromatic rings. The second-order valence-corrected chi connectivity index (χ2v) is 6.51. The van der Waals surface area contributed by atoms with Gasteiger partial charge in [-0.25, -0.2) is 0 Å². The summed E-state index contributed by atoms with van der Waals surface area (Å²) in [6.45, 7) is 7.65. The van der Waals surface area contributed by atoms with Crippen LogP contribution in [0.1, 0.15) is 40.5 Å². The number of thiocarbonyl (C=S) groups is 1. The van der Waals surface area contributed by atoms with Crippen LogP contribution in [0.2, 0.25) is 0 Å². The van der Waals surface area contributed by atoms with Crippen molar-refractivity contribution in [1.29, 1.82) is 0 Å². The van der Waals surface area contributed by atoms with Crippen LogP contribution >= 0.6 is 12.2 Å². The Morgan fingerprint density at radius 3 is 2.53 bits per heavy atom. The molecule has 19 heavy (non-hydrogen) atoms. The van der Waals surface area contributed by atoms with Crippen molar-refractivity contribution >= 4 is 29.0 Å². The highest BCUT2D eigenvalue weighted by molar-refractivity contribution is 7.80. The Hall–Kier alpha value is -1.17. The van der Waals surface area contributed by atoms with Gasteiger partial charge in [0.05, 0.1) is 6.54 Å². The Labute approximate surface area is 119 Å². The average Bonchev–Trinajstić information content (AvgIpc) is 2.22. The molecule has 0 bridgehead atoms. The molecule has 5 nitrogen and oxygen atoms in total. The topological polar surface area (TPSA) is 70.2 Å². The fraction of sp³-hybridized carbons (Fsp3) is 0.769. The van der Waals surface area contributed by atoms with Crippen molar-refractivity contribution in [3.8, 4) is 0 Å². The molecule has 108 valence electrons. The lowest BCUT2D eigenvalue weighted by Gasteiger charge is -2.30. The van der Waals surface area contributed by atoms with Crippen LogP contribution in [-0.2, 0) is 9.59 Å². The zero-order chi connectivity index (χ0) is 14.6. The van der Waals surface area contributed by atoms with E-state index in [1.165, 1.54) is 0 Å². The van der Waals surface area contributed by atoms with Gasteiger partial charge in [-0.1, -0.05) is 20.8 Å². The molecule has 2 atom stereocenters. The Morgan fingerprint density at radius 2 is 2.00 bits per heavy atom. The van der Waals surface area contributed by atoms with Gasteiger partial charge in [-0.2, -0.15) is 0 Å². The molecule has 1 rings (SSSR count). The van der Waals surface area contributed by atoms with Crippen molar-refractivity contribution in [1.82, 2.24) is 16.0 Å². The van der Waals surface area contributed by atoms with E-state index in [1.807, 2.05) is 27.7 Å². The van der Waals surface area contributed by atoms with Crippen LogP contribution in [0.5, 0.6) is 0 Å². The minimum absolute atomic E-state index is 0.0306. The molecule has 0 unspecified atom stereocenters. The molecule has 0 spiro atoms. The Balaban J connectivity index is 2.35. The molecule has 1 saturated heterocycles. The minimum atomic E-state index is -0.420. The SMILES string of the molecule is C[C@@H]1C[C@@H](CC(=O)NCC(=O)C(C)(C)C)NC(=S)N1. The second kappa shape index (κ2) is 6.32. The van der Waals surface area contributed by atoms with Crippen LogP contribution < -0.4 is 16.0 Å². The van der Waals surface area contributed by atoms with Crippen molar-refractivity contribution < 1.29 is 9.59 Å². The Morgan fingerprint density at radius 1 is 1.37 bits per heavy atom. The van der Waals surface area contributed by atoms with Gasteiger partial charge in [-0.15, -0.1) is 0 Å². The van der Waals surface area contributed by atoms with E-state index in [4.69, 9.17) is 12.2 Å². The summed E-state index contributed by atoms with van der Waals surface area (Å²) >= 11 is 5.06. The summed E-state index contributed by atoms with van der Waals surface area (Å²) in [6.07, 6.45) is 1.17. The monoisotopic (exact) mass is 285 g/mol. The highest BCUT2D eigenvalue weighted by atomic mass is 32.1. The van der Waals surface area contributed by atoms with Crippen molar-refractivity contribution in [2.75, 3.05) is 6.54 Å². The molecule has 6 heteroatoms. The van der Waals surface area contributed by atoms with Crippen LogP contribution in [0.15, 0.2) is 0 Å². The molecular formula is C13H23N3O2S. The number of hydrogen-bond acceptors (Lipinski definition) is 3. The number of carbonyl (C=O) groups excluding carboxylic acids is 2. The molecule has 1 aliphatic heterocycles. The molecule has 1 fully saturated rings. The summed E-state index contributed by atoms with van der Waals surface area (Å²) in [4.78, 5) is 23.5. The van der Waals surface area contributed by atoms with Crippen molar-refractivity contribution in [3.05, 3.63) is 0 Å². The van der Waals surface area contributed by atoms with Gasteiger partial charge in [0.1, 0.15) is 0 Å². The van der Waals surface area contributed by atoms with Crippen LogP contribution in [-0.4, -0.2) is 35.4 Å². The molecule has 3 N–H and O–H groups in total. The Kier molecular flexibility index (Phi) is 5.29. The summed E-state index contributed by atoms with van der Waals surface area (Å²) in [6, 6.07) is 0.302. The molecule has 0 radical (unpaired) electrons. The third-order valence-corrected chi connectivity index (χ3v) is 3.30. The summed E-state index contributed by atoms with van der Waals surface area (Å²) in [7, 11) is 0. The van der Waals surface area contributed by atoms with Gasteiger partial charge in [-0.05, 0) is 25.6 Å². The van der Waals surface area contributed by atoms with Gasteiger partial charge in [0.25, 0.3) is 0 Å². The molecule has 0 aliphatic carbocycles. The lowest BCUT2D eigenvalue weighted by molar-refractivity contribution is -0.129. The number of ketones is 1. The van der Waals surface area contributed by atoms with E-state index in [2.05, 4.69) is 16.0 Å². The largest absolute Gasteiger partial charge is 0.360 e. The Bertz CT molecular complexity index is 377. The first-order valence-electron chi connectivity index (χ1n) is 6.55. The maximum atomic E-state index is 11.8. The maximum Gasteiger partial charge on any atom is 0.222 e. The standard InChI is InChI=1S/C13H23N3O2S/c1-8-5-9(16-12(19)15-8)6-11(18)14-7-10(17)13(2,3)4/h8-9H,5-7H2,1-4H3,(H,14,18)(H2,15,16,19)/t8-,9+/m1/s1. The zero-order valence-electron chi connectivity index (χ0n) is 12.0. The molecule has 1 aliphatic rings. The fourth-order valence-corrected chi connectivity index (χ4v) is 2.24. The van der Waals surface area contributed by atoms with Gasteiger partial charge in [0.15, 0.2) is 10.9 Å². The minimum Gasteiger partial charge on any atom is -0.360 e. The van der Waals surface area contributed by atoms with E-state index in [9.17, 15) is 9.59 Å². The molecule has 1 amide bonds. The van der Waals surface area contributed by atoms with Gasteiger partial charge in [0, 0.05) is 23.9 Å². The van der Waals surface area contributed by atoms with Crippen LogP contribution in [0, 0.1) is 5.41 Å². The number of hydrogen-bond donors (Lipinski definition) is 3. The third-order valence-electron chi connectivity index (χ3n) is 3.07. The first-order valence-corrected chi connectivity index (χ1v) is 6.96. The summed E-state index contributed by atoms with van der Waals surface area (Å²) in [5, 5.41) is 9.42. The van der Waals surface area contributed by atoms with E-state index in [0.717, 1.165) is 6.42 Å². The van der Waals surface area contributed by atoms with Gasteiger partial charge < -0.3 is 16.0 Å². The van der Waals surface area contributed by atoms with Crippen LogP contribution in [0.4, 0.5) is 0 Å². The predicted octanol–water partition coefficient (Wildman–Crippen LogP) is 0.733. The number of nitrogens with one attached hydrogen (secondary N) is 3. The molecular weight excluding hydrogens is 262 g/mol. The first kappa shape index (κ1) is 15.9. The zero-order valence-corrected chi connectivity index (χ0v) is 12.8. The van der Waals surface area contributed by atoms with E-state index in [-0.39, 0.29) is 30.3 Å². The van der Waals surface area contributed by atoms with Crippen LogP contribution in [0.25, 0.3) is 0 Å². The quantitative estimate of drug-likeness (QED) is 0.664. The van der Waals surface area contributed by atoms with E-state index in [1.54, 1.807) is 0 Å². The highest BCUT2D eigenvalue weighted by Gasteiger charge is 2.24. The number of rotatable bonds is 4. The lowest BCUT2D eigenvalue weighted by Crippen LogP contribution is -2.54. The average molecular weight is 285 g/mol. The third kappa shape index (κ3) is 5.55. The van der Waals surface area contributed by atoms with Crippen molar-refractivity contribution in [3.63, 3.8) is 0 Å².